The van der Waals surface area contributed by atoms with Gasteiger partial charge in [-0.05, 0) is 31.2 Å². The Kier molecular flexibility index (Phi) is 6.09. The number of rotatable bonds is 0. The average Bonchev–Trinajstić information content (AvgIpc) is 3.20. The SMILES string of the molecule is Cc1ncc[nH]1.Oc1ccc2ccccc2n1.c1ccc2ncccc2c1. The lowest BCUT2D eigenvalue weighted by Crippen LogP contribution is -1.76. The molecule has 0 atom stereocenters. The fourth-order valence-electron chi connectivity index (χ4n) is 2.42. The first kappa shape index (κ1) is 18.1. The Hall–Kier alpha value is -3.73. The van der Waals surface area contributed by atoms with E-state index in [0.717, 1.165) is 22.2 Å². The molecule has 0 unspecified atom stereocenters. The van der Waals surface area contributed by atoms with Crippen LogP contribution < -0.4 is 0 Å². The zero-order valence-corrected chi connectivity index (χ0v) is 14.9. The molecule has 3 heterocycles. The molecule has 5 heteroatoms. The number of hydrogen-bond donors (Lipinski definition) is 2. The molecule has 0 aliphatic carbocycles. The zero-order valence-electron chi connectivity index (χ0n) is 14.9. The summed E-state index contributed by atoms with van der Waals surface area (Å²) in [6.07, 6.45) is 5.34. The Morgan fingerprint density at radius 1 is 0.704 bits per heavy atom. The van der Waals surface area contributed by atoms with Crippen molar-refractivity contribution in [3.8, 4) is 5.88 Å². The van der Waals surface area contributed by atoms with Crippen LogP contribution in [0.1, 0.15) is 5.82 Å². The summed E-state index contributed by atoms with van der Waals surface area (Å²) in [7, 11) is 0. The number of nitrogens with one attached hydrogen (secondary N) is 1. The van der Waals surface area contributed by atoms with Crippen LogP contribution >= 0.6 is 0 Å². The molecule has 0 aliphatic heterocycles. The Balaban J connectivity index is 0.000000122. The van der Waals surface area contributed by atoms with Crippen LogP contribution in [0.25, 0.3) is 21.8 Å². The van der Waals surface area contributed by atoms with Crippen molar-refractivity contribution in [1.29, 1.82) is 0 Å². The Morgan fingerprint density at radius 2 is 1.37 bits per heavy atom. The number of aromatic nitrogens is 4. The number of imidazole rings is 1. The topological polar surface area (TPSA) is 74.7 Å². The lowest BCUT2D eigenvalue weighted by atomic mass is 10.2. The van der Waals surface area contributed by atoms with Gasteiger partial charge in [0.1, 0.15) is 5.82 Å². The van der Waals surface area contributed by atoms with Gasteiger partial charge in [-0.15, -0.1) is 0 Å². The van der Waals surface area contributed by atoms with Crippen molar-refractivity contribution < 1.29 is 5.11 Å². The van der Waals surface area contributed by atoms with E-state index in [0.29, 0.717) is 0 Å². The summed E-state index contributed by atoms with van der Waals surface area (Å²) in [4.78, 5) is 14.9. The van der Waals surface area contributed by atoms with Crippen LogP contribution in [0.3, 0.4) is 0 Å². The van der Waals surface area contributed by atoms with Crippen LogP contribution in [0.15, 0.2) is 91.4 Å². The average molecular weight is 356 g/mol. The summed E-state index contributed by atoms with van der Waals surface area (Å²) in [6.45, 7) is 1.92. The molecule has 0 fully saturated rings. The number of para-hydroxylation sites is 2. The molecule has 5 aromatic rings. The van der Waals surface area contributed by atoms with Crippen LogP contribution in [0, 0.1) is 6.92 Å². The smallest absolute Gasteiger partial charge is 0.211 e. The van der Waals surface area contributed by atoms with Gasteiger partial charge in [-0.1, -0.05) is 42.5 Å². The van der Waals surface area contributed by atoms with Crippen molar-refractivity contribution in [3.05, 3.63) is 97.2 Å². The molecule has 2 N–H and O–H groups in total. The normalized spacial score (nSPS) is 9.81. The Labute approximate surface area is 157 Å². The first-order valence-electron chi connectivity index (χ1n) is 8.53. The lowest BCUT2D eigenvalue weighted by Gasteiger charge is -1.95. The van der Waals surface area contributed by atoms with Crippen LogP contribution in [-0.4, -0.2) is 25.0 Å². The summed E-state index contributed by atoms with van der Waals surface area (Å²) in [5.74, 6) is 1.04. The third-order valence-electron chi connectivity index (χ3n) is 3.73. The Morgan fingerprint density at radius 3 is 2.00 bits per heavy atom. The molecule has 0 bridgehead atoms. The number of benzene rings is 2. The van der Waals surface area contributed by atoms with Gasteiger partial charge in [0.15, 0.2) is 0 Å². The molecule has 3 aromatic heterocycles. The number of fused-ring (bicyclic) bond motifs is 2. The molecule has 2 aromatic carbocycles. The van der Waals surface area contributed by atoms with Gasteiger partial charge < -0.3 is 10.1 Å². The third kappa shape index (κ3) is 5.37. The summed E-state index contributed by atoms with van der Waals surface area (Å²) < 4.78 is 0. The monoisotopic (exact) mass is 356 g/mol. The highest BCUT2D eigenvalue weighted by molar-refractivity contribution is 5.79. The minimum Gasteiger partial charge on any atom is -0.493 e. The molecule has 27 heavy (non-hydrogen) atoms. The van der Waals surface area contributed by atoms with Crippen LogP contribution in [0.2, 0.25) is 0 Å². The maximum Gasteiger partial charge on any atom is 0.211 e. The van der Waals surface area contributed by atoms with Crippen molar-refractivity contribution in [3.63, 3.8) is 0 Å². The molecule has 0 spiro atoms. The maximum atomic E-state index is 9.02. The molecular formula is C22H20N4O. The second-order valence-electron chi connectivity index (χ2n) is 5.73. The maximum absolute atomic E-state index is 9.02. The quantitative estimate of drug-likeness (QED) is 0.414. The van der Waals surface area contributed by atoms with Crippen molar-refractivity contribution in [2.45, 2.75) is 6.92 Å². The second kappa shape index (κ2) is 9.10. The minimum absolute atomic E-state index is 0.0729. The van der Waals surface area contributed by atoms with E-state index in [1.165, 1.54) is 5.39 Å². The number of aromatic hydroxyl groups is 1. The van der Waals surface area contributed by atoms with E-state index in [9.17, 15) is 0 Å². The van der Waals surface area contributed by atoms with E-state index in [2.05, 4.69) is 32.1 Å². The van der Waals surface area contributed by atoms with Crippen LogP contribution in [0.5, 0.6) is 5.88 Å². The summed E-state index contributed by atoms with van der Waals surface area (Å²) in [5.41, 5.74) is 1.89. The van der Waals surface area contributed by atoms with Crippen molar-refractivity contribution in [2.75, 3.05) is 0 Å². The molecule has 0 radical (unpaired) electrons. The van der Waals surface area contributed by atoms with Gasteiger partial charge in [0.2, 0.25) is 5.88 Å². The molecule has 0 saturated heterocycles. The van der Waals surface area contributed by atoms with Gasteiger partial charge in [-0.3, -0.25) is 4.98 Å². The van der Waals surface area contributed by atoms with E-state index < -0.39 is 0 Å². The molecule has 0 aliphatic rings. The van der Waals surface area contributed by atoms with Crippen LogP contribution in [0.4, 0.5) is 0 Å². The highest BCUT2D eigenvalue weighted by Crippen LogP contribution is 2.14. The number of hydrogen-bond acceptors (Lipinski definition) is 4. The lowest BCUT2D eigenvalue weighted by molar-refractivity contribution is 0.456. The number of aryl methyl sites for hydroxylation is 1. The molecule has 134 valence electrons. The van der Waals surface area contributed by atoms with E-state index in [1.54, 1.807) is 18.5 Å². The van der Waals surface area contributed by atoms with Gasteiger partial charge in [0, 0.05) is 35.4 Å². The molecular weight excluding hydrogens is 336 g/mol. The summed E-state index contributed by atoms with van der Waals surface area (Å²) in [5, 5.41) is 11.3. The standard InChI is InChI=1S/C9H7NO.C9H7N.C4H6N2/c11-9-6-5-7-3-1-2-4-8(7)10-9;1-2-6-9-8(4-1)5-3-7-10-9;1-4-5-2-3-6-4/h1-6H,(H,10,11);1-7H;2-3H,1H3,(H,5,6). The number of aromatic amines is 1. The number of H-pyrrole nitrogens is 1. The van der Waals surface area contributed by atoms with Crippen molar-refractivity contribution in [2.24, 2.45) is 0 Å². The number of pyridine rings is 2. The van der Waals surface area contributed by atoms with Gasteiger partial charge in [-0.2, -0.15) is 0 Å². The van der Waals surface area contributed by atoms with Crippen molar-refractivity contribution in [1.82, 2.24) is 19.9 Å². The van der Waals surface area contributed by atoms with Gasteiger partial charge in [0.25, 0.3) is 0 Å². The highest BCUT2D eigenvalue weighted by atomic mass is 16.3. The Bertz CT molecular complexity index is 1040. The summed E-state index contributed by atoms with van der Waals surface area (Å²) in [6, 6.07) is 23.2. The second-order valence-corrected chi connectivity index (χ2v) is 5.73. The number of nitrogens with zero attached hydrogens (tertiary/aromatic N) is 3. The third-order valence-corrected chi connectivity index (χ3v) is 3.73. The van der Waals surface area contributed by atoms with Gasteiger partial charge in [-0.25, -0.2) is 9.97 Å². The summed E-state index contributed by atoms with van der Waals surface area (Å²) >= 11 is 0. The predicted molar refractivity (Wildman–Crippen MR) is 108 cm³/mol. The zero-order chi connectivity index (χ0) is 18.9. The molecule has 5 rings (SSSR count). The van der Waals surface area contributed by atoms with E-state index in [4.69, 9.17) is 5.11 Å². The largest absolute Gasteiger partial charge is 0.493 e. The van der Waals surface area contributed by atoms with Crippen LogP contribution in [-0.2, 0) is 0 Å². The highest BCUT2D eigenvalue weighted by Gasteiger charge is 1.92. The molecule has 5 nitrogen and oxygen atoms in total. The fourth-order valence-corrected chi connectivity index (χ4v) is 2.42. The first-order valence-corrected chi connectivity index (χ1v) is 8.53. The predicted octanol–water partition coefficient (Wildman–Crippen LogP) is 4.89. The van der Waals surface area contributed by atoms with Gasteiger partial charge in [0.05, 0.1) is 11.0 Å². The molecule has 0 amide bonds. The minimum atomic E-state index is 0.0729. The van der Waals surface area contributed by atoms with E-state index in [-0.39, 0.29) is 5.88 Å². The van der Waals surface area contributed by atoms with Crippen molar-refractivity contribution >= 4 is 21.8 Å². The van der Waals surface area contributed by atoms with E-state index >= 15 is 0 Å². The first-order chi connectivity index (χ1) is 13.2. The fraction of sp³-hybridized carbons (Fsp3) is 0.0455. The van der Waals surface area contributed by atoms with E-state index in [1.807, 2.05) is 67.7 Å². The van der Waals surface area contributed by atoms with Gasteiger partial charge >= 0.3 is 0 Å². The molecule has 0 saturated carbocycles.